The highest BCUT2D eigenvalue weighted by Crippen LogP contribution is 2.23. The highest BCUT2D eigenvalue weighted by Gasteiger charge is 2.27. The average Bonchev–Trinajstić information content (AvgIpc) is 3.05. The maximum Gasteiger partial charge on any atom is 0.311 e. The van der Waals surface area contributed by atoms with Crippen molar-refractivity contribution >= 4 is 11.7 Å². The Kier molecular flexibility index (Phi) is 5.66. The Hall–Kier alpha value is -2.01. The molecule has 0 amide bonds. The highest BCUT2D eigenvalue weighted by molar-refractivity contribution is 5.75. The molecule has 1 atom stereocenters. The molecule has 1 heterocycles. The van der Waals surface area contributed by atoms with Gasteiger partial charge < -0.3 is 19.9 Å². The zero-order chi connectivity index (χ0) is 16.9. The van der Waals surface area contributed by atoms with Gasteiger partial charge in [0.25, 0.3) is 0 Å². The number of hydrogen-bond donors (Lipinski definition) is 1. The Labute approximate surface area is 137 Å². The third-order valence-electron chi connectivity index (χ3n) is 4.10. The van der Waals surface area contributed by atoms with Crippen molar-refractivity contribution in [2.45, 2.75) is 53.1 Å². The van der Waals surface area contributed by atoms with Crippen LogP contribution in [0.2, 0.25) is 0 Å². The van der Waals surface area contributed by atoms with Crippen LogP contribution in [0, 0.1) is 5.41 Å². The lowest BCUT2D eigenvalue weighted by molar-refractivity contribution is -0.155. The second kappa shape index (κ2) is 7.51. The Morgan fingerprint density at radius 2 is 2.17 bits per heavy atom. The third kappa shape index (κ3) is 4.73. The molecule has 126 valence electrons. The lowest BCUT2D eigenvalue weighted by Gasteiger charge is -2.20. The van der Waals surface area contributed by atoms with Gasteiger partial charge in [0.1, 0.15) is 6.61 Å². The van der Waals surface area contributed by atoms with E-state index in [0.717, 1.165) is 24.0 Å². The topological polar surface area (TPSA) is 70.8 Å². The van der Waals surface area contributed by atoms with Crippen molar-refractivity contribution in [1.29, 1.82) is 0 Å². The Balaban J connectivity index is 1.87. The lowest BCUT2D eigenvalue weighted by Crippen LogP contribution is -2.25. The van der Waals surface area contributed by atoms with Gasteiger partial charge in [-0.1, -0.05) is 19.1 Å². The lowest BCUT2D eigenvalue weighted by atomic mass is 9.91. The van der Waals surface area contributed by atoms with E-state index in [1.807, 2.05) is 45.0 Å². The van der Waals surface area contributed by atoms with E-state index >= 15 is 0 Å². The number of ether oxygens (including phenoxy) is 3. The first kappa shape index (κ1) is 17.3. The van der Waals surface area contributed by atoms with Crippen molar-refractivity contribution in [3.8, 4) is 0 Å². The van der Waals surface area contributed by atoms with Gasteiger partial charge in [-0.2, -0.15) is 0 Å². The van der Waals surface area contributed by atoms with Crippen LogP contribution in [0.25, 0.3) is 0 Å². The van der Waals surface area contributed by atoms with Gasteiger partial charge in [-0.15, -0.1) is 0 Å². The van der Waals surface area contributed by atoms with Crippen LogP contribution in [-0.4, -0.2) is 12.3 Å². The summed E-state index contributed by atoms with van der Waals surface area (Å²) in [4.78, 5) is 12.0. The number of nitrogens with two attached hydrogens (primary N) is 1. The largest absolute Gasteiger partial charge is 0.473 e. The van der Waals surface area contributed by atoms with E-state index in [1.165, 1.54) is 0 Å². The second-order valence-corrected chi connectivity index (χ2v) is 6.33. The van der Waals surface area contributed by atoms with E-state index in [4.69, 9.17) is 19.9 Å². The SMILES string of the molecule is CCC(C)(C)C(=O)OCc1ccc(COC2CC=CO2)c(N)c1. The van der Waals surface area contributed by atoms with E-state index < -0.39 is 5.41 Å². The van der Waals surface area contributed by atoms with Gasteiger partial charge in [0, 0.05) is 17.7 Å². The predicted octanol–water partition coefficient (Wildman–Crippen LogP) is 3.52. The summed E-state index contributed by atoms with van der Waals surface area (Å²) in [6, 6.07) is 5.61. The number of rotatable bonds is 7. The van der Waals surface area contributed by atoms with Crippen molar-refractivity contribution < 1.29 is 19.0 Å². The van der Waals surface area contributed by atoms with Crippen molar-refractivity contribution in [3.63, 3.8) is 0 Å². The summed E-state index contributed by atoms with van der Waals surface area (Å²) in [6.45, 7) is 6.34. The molecule has 1 aromatic carbocycles. The van der Waals surface area contributed by atoms with E-state index in [0.29, 0.717) is 12.3 Å². The molecule has 0 fully saturated rings. The van der Waals surface area contributed by atoms with E-state index in [1.54, 1.807) is 6.26 Å². The van der Waals surface area contributed by atoms with Crippen molar-refractivity contribution in [2.24, 2.45) is 5.41 Å². The minimum Gasteiger partial charge on any atom is -0.473 e. The summed E-state index contributed by atoms with van der Waals surface area (Å²) in [7, 11) is 0. The summed E-state index contributed by atoms with van der Waals surface area (Å²) in [5.74, 6) is -0.197. The average molecular weight is 319 g/mol. The van der Waals surface area contributed by atoms with Crippen LogP contribution >= 0.6 is 0 Å². The molecule has 2 N–H and O–H groups in total. The molecule has 2 rings (SSSR count). The molecule has 5 heteroatoms. The van der Waals surface area contributed by atoms with E-state index in [-0.39, 0.29) is 18.9 Å². The van der Waals surface area contributed by atoms with Gasteiger partial charge in [-0.25, -0.2) is 0 Å². The maximum absolute atomic E-state index is 12.0. The Bertz CT molecular complexity index is 572. The summed E-state index contributed by atoms with van der Waals surface area (Å²) < 4.78 is 16.2. The summed E-state index contributed by atoms with van der Waals surface area (Å²) in [6.07, 6.45) is 4.82. The molecule has 0 aromatic heterocycles. The number of carbonyl (C=O) groups is 1. The molecular formula is C18H25NO4. The number of anilines is 1. The smallest absolute Gasteiger partial charge is 0.311 e. The van der Waals surface area contributed by atoms with Gasteiger partial charge >= 0.3 is 5.97 Å². The Morgan fingerprint density at radius 1 is 1.39 bits per heavy atom. The molecule has 0 spiro atoms. The molecule has 1 aromatic rings. The fourth-order valence-corrected chi connectivity index (χ4v) is 2.01. The van der Waals surface area contributed by atoms with Crippen LogP contribution in [0.3, 0.4) is 0 Å². The van der Waals surface area contributed by atoms with Crippen LogP contribution in [0.1, 0.15) is 44.7 Å². The molecule has 1 aliphatic heterocycles. The number of nitrogen functional groups attached to an aromatic ring is 1. The fourth-order valence-electron chi connectivity index (χ4n) is 2.01. The number of carbonyl (C=O) groups excluding carboxylic acids is 1. The van der Waals surface area contributed by atoms with Gasteiger partial charge in [0.05, 0.1) is 18.3 Å². The zero-order valence-corrected chi connectivity index (χ0v) is 14.0. The molecular weight excluding hydrogens is 294 g/mol. The van der Waals surface area contributed by atoms with Gasteiger partial charge in [0.15, 0.2) is 0 Å². The first-order valence-electron chi connectivity index (χ1n) is 7.89. The molecule has 0 bridgehead atoms. The van der Waals surface area contributed by atoms with Crippen molar-refractivity contribution in [1.82, 2.24) is 0 Å². The summed E-state index contributed by atoms with van der Waals surface area (Å²) in [5.41, 5.74) is 7.97. The van der Waals surface area contributed by atoms with Crippen molar-refractivity contribution in [2.75, 3.05) is 5.73 Å². The molecule has 23 heavy (non-hydrogen) atoms. The molecule has 0 saturated carbocycles. The number of hydrogen-bond acceptors (Lipinski definition) is 5. The van der Waals surface area contributed by atoms with Gasteiger partial charge in [-0.05, 0) is 38.0 Å². The van der Waals surface area contributed by atoms with Crippen LogP contribution < -0.4 is 5.73 Å². The zero-order valence-electron chi connectivity index (χ0n) is 14.0. The second-order valence-electron chi connectivity index (χ2n) is 6.33. The minimum atomic E-state index is -0.464. The predicted molar refractivity (Wildman–Crippen MR) is 88.1 cm³/mol. The monoisotopic (exact) mass is 319 g/mol. The van der Waals surface area contributed by atoms with E-state index in [2.05, 4.69) is 0 Å². The fraction of sp³-hybridized carbons (Fsp3) is 0.500. The summed E-state index contributed by atoms with van der Waals surface area (Å²) >= 11 is 0. The van der Waals surface area contributed by atoms with Gasteiger partial charge in [-0.3, -0.25) is 4.79 Å². The highest BCUT2D eigenvalue weighted by atomic mass is 16.7. The number of esters is 1. The molecule has 0 aliphatic carbocycles. The third-order valence-corrected chi connectivity index (χ3v) is 4.10. The van der Waals surface area contributed by atoms with Crippen LogP contribution in [-0.2, 0) is 32.2 Å². The normalized spacial score (nSPS) is 17.1. The molecule has 5 nitrogen and oxygen atoms in total. The first-order valence-corrected chi connectivity index (χ1v) is 7.89. The summed E-state index contributed by atoms with van der Waals surface area (Å²) in [5, 5.41) is 0. The molecule has 1 aliphatic rings. The Morgan fingerprint density at radius 3 is 2.78 bits per heavy atom. The van der Waals surface area contributed by atoms with E-state index in [9.17, 15) is 4.79 Å². The maximum atomic E-state index is 12.0. The quantitative estimate of drug-likeness (QED) is 0.615. The minimum absolute atomic E-state index is 0.197. The van der Waals surface area contributed by atoms with Crippen LogP contribution in [0.5, 0.6) is 0 Å². The molecule has 1 unspecified atom stereocenters. The molecule has 0 saturated heterocycles. The number of benzene rings is 1. The van der Waals surface area contributed by atoms with Gasteiger partial charge in [0.2, 0.25) is 6.29 Å². The standard InChI is InChI=1S/C18H25NO4/c1-4-18(2,3)17(20)23-11-13-7-8-14(15(19)10-13)12-22-16-6-5-9-21-16/h5,7-10,16H,4,6,11-12,19H2,1-3H3. The molecule has 0 radical (unpaired) electrons. The van der Waals surface area contributed by atoms with Crippen molar-refractivity contribution in [3.05, 3.63) is 41.7 Å². The first-order chi connectivity index (χ1) is 10.9. The van der Waals surface area contributed by atoms with Crippen LogP contribution in [0.15, 0.2) is 30.5 Å². The van der Waals surface area contributed by atoms with Crippen LogP contribution in [0.4, 0.5) is 5.69 Å².